The number of rotatable bonds is 4. The Labute approximate surface area is 167 Å². The first-order valence-corrected chi connectivity index (χ1v) is 9.62. The van der Waals surface area contributed by atoms with Crippen molar-refractivity contribution in [3.8, 4) is 0 Å². The second-order valence-electron chi connectivity index (χ2n) is 7.20. The van der Waals surface area contributed by atoms with Gasteiger partial charge >= 0.3 is 5.97 Å². The number of nitrogens with zero attached hydrogens (tertiary/aromatic N) is 1. The third-order valence-corrected chi connectivity index (χ3v) is 5.05. The zero-order chi connectivity index (χ0) is 20.4. The molecule has 1 saturated heterocycles. The highest BCUT2D eigenvalue weighted by Gasteiger charge is 2.32. The van der Waals surface area contributed by atoms with Gasteiger partial charge in [-0.05, 0) is 31.9 Å². The molecule has 4 rings (SSSR count). The Balaban J connectivity index is 1.66. The molecule has 0 spiro atoms. The fourth-order valence-corrected chi connectivity index (χ4v) is 3.53. The maximum atomic E-state index is 13.0. The minimum atomic E-state index is -1.08. The van der Waals surface area contributed by atoms with Crippen LogP contribution in [-0.4, -0.2) is 29.9 Å². The van der Waals surface area contributed by atoms with E-state index < -0.39 is 12.1 Å². The van der Waals surface area contributed by atoms with E-state index >= 15 is 0 Å². The maximum Gasteiger partial charge on any atom is 0.375 e. The molecule has 0 bridgehead atoms. The first kappa shape index (κ1) is 18.9. The summed E-state index contributed by atoms with van der Waals surface area (Å²) in [6.45, 7) is 3.16. The number of hydrogen-bond donors (Lipinski definition) is 0. The van der Waals surface area contributed by atoms with Crippen molar-refractivity contribution in [3.63, 3.8) is 0 Å². The molecular formula is C23H21NO5. The van der Waals surface area contributed by atoms with Crippen LogP contribution < -0.4 is 5.43 Å². The Morgan fingerprint density at radius 3 is 2.48 bits per heavy atom. The van der Waals surface area contributed by atoms with Gasteiger partial charge in [0.1, 0.15) is 5.58 Å². The summed E-state index contributed by atoms with van der Waals surface area (Å²) in [7, 11) is 0. The van der Waals surface area contributed by atoms with Gasteiger partial charge in [0.05, 0.1) is 5.39 Å². The molecular weight excluding hydrogens is 370 g/mol. The molecule has 29 heavy (non-hydrogen) atoms. The summed E-state index contributed by atoms with van der Waals surface area (Å²) >= 11 is 0. The molecule has 1 atom stereocenters. The SMILES string of the molecule is Cc1ccc2oc(C(=O)O[C@@H](C(=O)N3CCCC3)c3ccccc3)cc(=O)c2c1. The predicted molar refractivity (Wildman–Crippen MR) is 108 cm³/mol. The molecule has 2 aromatic carbocycles. The topological polar surface area (TPSA) is 76.8 Å². The Bertz CT molecular complexity index is 1110. The molecule has 0 saturated carbocycles. The van der Waals surface area contributed by atoms with Crippen LogP contribution in [-0.2, 0) is 9.53 Å². The minimum absolute atomic E-state index is 0.221. The fourth-order valence-electron chi connectivity index (χ4n) is 3.53. The summed E-state index contributed by atoms with van der Waals surface area (Å²) < 4.78 is 11.2. The van der Waals surface area contributed by atoms with E-state index in [0.717, 1.165) is 24.5 Å². The fraction of sp³-hybridized carbons (Fsp3) is 0.261. The highest BCUT2D eigenvalue weighted by molar-refractivity contribution is 5.92. The van der Waals surface area contributed by atoms with Gasteiger partial charge in [-0.15, -0.1) is 0 Å². The van der Waals surface area contributed by atoms with Gasteiger partial charge in [-0.1, -0.05) is 42.0 Å². The summed E-state index contributed by atoms with van der Waals surface area (Å²) in [4.78, 5) is 39.9. The van der Waals surface area contributed by atoms with Crippen LogP contribution in [0.25, 0.3) is 11.0 Å². The van der Waals surface area contributed by atoms with Crippen LogP contribution >= 0.6 is 0 Å². The molecule has 148 valence electrons. The van der Waals surface area contributed by atoms with E-state index in [1.54, 1.807) is 47.4 Å². The standard InChI is InChI=1S/C23H21NO5/c1-15-9-10-19-17(13-15)18(25)14-20(28-19)23(27)29-21(16-7-3-2-4-8-16)22(26)24-11-5-6-12-24/h2-4,7-10,13-14,21H,5-6,11-12H2,1H3/t21-/m1/s1. The molecule has 0 aliphatic carbocycles. The molecule has 6 nitrogen and oxygen atoms in total. The largest absolute Gasteiger partial charge is 0.449 e. The Hall–Kier alpha value is -3.41. The van der Waals surface area contributed by atoms with E-state index in [1.165, 1.54) is 0 Å². The zero-order valence-corrected chi connectivity index (χ0v) is 16.1. The molecule has 6 heteroatoms. The van der Waals surface area contributed by atoms with Crippen molar-refractivity contribution in [1.29, 1.82) is 0 Å². The van der Waals surface area contributed by atoms with Crippen LogP contribution in [0.5, 0.6) is 0 Å². The van der Waals surface area contributed by atoms with Gasteiger partial charge in [-0.3, -0.25) is 9.59 Å². The maximum absolute atomic E-state index is 13.0. The number of carbonyl (C=O) groups excluding carboxylic acids is 2. The lowest BCUT2D eigenvalue weighted by Crippen LogP contribution is -2.35. The average molecular weight is 391 g/mol. The molecule has 1 aliphatic heterocycles. The first-order chi connectivity index (χ1) is 14.0. The highest BCUT2D eigenvalue weighted by Crippen LogP contribution is 2.24. The molecule has 0 N–H and O–H groups in total. The van der Waals surface area contributed by atoms with Gasteiger partial charge in [0.15, 0.2) is 5.43 Å². The van der Waals surface area contributed by atoms with Crippen molar-refractivity contribution < 1.29 is 18.7 Å². The number of fused-ring (bicyclic) bond motifs is 1. The van der Waals surface area contributed by atoms with Crippen molar-refractivity contribution in [1.82, 2.24) is 4.90 Å². The summed E-state index contributed by atoms with van der Waals surface area (Å²) in [5, 5.41) is 0.398. The van der Waals surface area contributed by atoms with E-state index in [4.69, 9.17) is 9.15 Å². The van der Waals surface area contributed by atoms with Gasteiger partial charge < -0.3 is 14.1 Å². The summed E-state index contributed by atoms with van der Waals surface area (Å²) in [5.41, 5.74) is 1.47. The van der Waals surface area contributed by atoms with Crippen molar-refractivity contribution in [2.75, 3.05) is 13.1 Å². The molecule has 1 amide bonds. The number of benzene rings is 2. The average Bonchev–Trinajstić information content (AvgIpc) is 3.27. The van der Waals surface area contributed by atoms with E-state index in [0.29, 0.717) is 29.6 Å². The Morgan fingerprint density at radius 1 is 1.03 bits per heavy atom. The summed E-state index contributed by atoms with van der Waals surface area (Å²) in [6, 6.07) is 15.1. The summed E-state index contributed by atoms with van der Waals surface area (Å²) in [5.74, 6) is -1.33. The summed E-state index contributed by atoms with van der Waals surface area (Å²) in [6.07, 6.45) is 0.779. The molecule has 3 aromatic rings. The van der Waals surface area contributed by atoms with Gasteiger partial charge in [0, 0.05) is 24.7 Å². The van der Waals surface area contributed by atoms with Crippen LogP contribution in [0.1, 0.15) is 40.6 Å². The van der Waals surface area contributed by atoms with Crippen LogP contribution in [0, 0.1) is 6.92 Å². The van der Waals surface area contributed by atoms with Crippen LogP contribution in [0.3, 0.4) is 0 Å². The van der Waals surface area contributed by atoms with E-state index in [2.05, 4.69) is 0 Å². The minimum Gasteiger partial charge on any atom is -0.449 e. The van der Waals surface area contributed by atoms with Gasteiger partial charge in [0.25, 0.3) is 5.91 Å². The van der Waals surface area contributed by atoms with E-state index in [1.807, 2.05) is 13.0 Å². The van der Waals surface area contributed by atoms with Crippen molar-refractivity contribution >= 4 is 22.8 Å². The van der Waals surface area contributed by atoms with Gasteiger partial charge in [-0.2, -0.15) is 0 Å². The van der Waals surface area contributed by atoms with Crippen LogP contribution in [0.4, 0.5) is 0 Å². The van der Waals surface area contributed by atoms with Crippen LogP contribution in [0.15, 0.2) is 63.8 Å². The molecule has 1 aliphatic rings. The third-order valence-electron chi connectivity index (χ3n) is 5.05. The Kier molecular flexibility index (Phi) is 5.16. The third kappa shape index (κ3) is 3.92. The second-order valence-corrected chi connectivity index (χ2v) is 7.20. The molecule has 0 unspecified atom stereocenters. The highest BCUT2D eigenvalue weighted by atomic mass is 16.6. The molecule has 2 heterocycles. The van der Waals surface area contributed by atoms with Crippen molar-refractivity contribution in [2.24, 2.45) is 0 Å². The zero-order valence-electron chi connectivity index (χ0n) is 16.1. The molecule has 1 fully saturated rings. The monoisotopic (exact) mass is 391 g/mol. The number of amides is 1. The lowest BCUT2D eigenvalue weighted by molar-refractivity contribution is -0.140. The van der Waals surface area contributed by atoms with E-state index in [-0.39, 0.29) is 17.1 Å². The van der Waals surface area contributed by atoms with Gasteiger partial charge in [-0.25, -0.2) is 4.79 Å². The molecule has 1 aromatic heterocycles. The van der Waals surface area contributed by atoms with Crippen LogP contribution in [0.2, 0.25) is 0 Å². The number of esters is 1. The smallest absolute Gasteiger partial charge is 0.375 e. The number of carbonyl (C=O) groups is 2. The quantitative estimate of drug-likeness (QED) is 0.635. The van der Waals surface area contributed by atoms with Crippen molar-refractivity contribution in [2.45, 2.75) is 25.9 Å². The number of aryl methyl sites for hydroxylation is 1. The number of ether oxygens (including phenoxy) is 1. The lowest BCUT2D eigenvalue weighted by atomic mass is 10.1. The number of hydrogen-bond acceptors (Lipinski definition) is 5. The van der Waals surface area contributed by atoms with E-state index in [9.17, 15) is 14.4 Å². The normalized spacial score (nSPS) is 14.7. The van der Waals surface area contributed by atoms with Crippen molar-refractivity contribution in [3.05, 3.63) is 81.7 Å². The Morgan fingerprint density at radius 2 is 1.76 bits per heavy atom. The predicted octanol–water partition coefficient (Wildman–Crippen LogP) is 3.62. The first-order valence-electron chi connectivity index (χ1n) is 9.62. The second kappa shape index (κ2) is 7.91. The van der Waals surface area contributed by atoms with Gasteiger partial charge in [0.2, 0.25) is 11.9 Å². The number of likely N-dealkylation sites (tertiary alicyclic amines) is 1. The molecule has 0 radical (unpaired) electrons. The lowest BCUT2D eigenvalue weighted by Gasteiger charge is -2.23.